The zero-order chi connectivity index (χ0) is 21.1. The van der Waals surface area contributed by atoms with E-state index >= 15 is 0 Å². The van der Waals surface area contributed by atoms with Gasteiger partial charge in [0, 0.05) is 5.69 Å². The number of esters is 1. The van der Waals surface area contributed by atoms with Gasteiger partial charge >= 0.3 is 18.3 Å². The molecule has 1 N–H and O–H groups in total. The van der Waals surface area contributed by atoms with E-state index in [1.807, 2.05) is 5.32 Å². The molecule has 1 aromatic heterocycles. The highest BCUT2D eigenvalue weighted by Crippen LogP contribution is 2.37. The summed E-state index contributed by atoms with van der Waals surface area (Å²) in [7, 11) is 0. The van der Waals surface area contributed by atoms with Gasteiger partial charge in [-0.2, -0.15) is 26.3 Å². The van der Waals surface area contributed by atoms with Crippen molar-refractivity contribution in [2.75, 3.05) is 11.9 Å². The Bertz CT molecular complexity index is 861. The van der Waals surface area contributed by atoms with E-state index in [1.165, 1.54) is 12.1 Å². The van der Waals surface area contributed by atoms with Gasteiger partial charge in [0.25, 0.3) is 5.91 Å². The predicted octanol–water partition coefficient (Wildman–Crippen LogP) is 4.55. The summed E-state index contributed by atoms with van der Waals surface area (Å²) in [6.07, 6.45) is -10.1. The molecular formula is C17H12F6N2O3. The first-order valence-electron chi connectivity index (χ1n) is 7.67. The zero-order valence-electron chi connectivity index (χ0n) is 14.1. The second-order valence-electron chi connectivity index (χ2n) is 5.38. The fraction of sp³-hybridized carbons (Fsp3) is 0.235. The second kappa shape index (κ2) is 7.87. The number of amides is 1. The Labute approximate surface area is 154 Å². The molecule has 2 rings (SSSR count). The molecule has 1 amide bonds. The van der Waals surface area contributed by atoms with E-state index in [1.54, 1.807) is 6.92 Å². The van der Waals surface area contributed by atoms with E-state index in [0.29, 0.717) is 12.1 Å². The molecule has 150 valence electrons. The average molecular weight is 406 g/mol. The van der Waals surface area contributed by atoms with E-state index in [2.05, 4.69) is 4.98 Å². The van der Waals surface area contributed by atoms with E-state index in [9.17, 15) is 35.9 Å². The van der Waals surface area contributed by atoms with E-state index in [-0.39, 0.29) is 18.4 Å². The van der Waals surface area contributed by atoms with Gasteiger partial charge < -0.3 is 10.1 Å². The van der Waals surface area contributed by atoms with Crippen LogP contribution in [0.1, 0.15) is 39.0 Å². The van der Waals surface area contributed by atoms with Crippen molar-refractivity contribution in [1.29, 1.82) is 0 Å². The number of rotatable bonds is 4. The molecule has 0 aliphatic rings. The lowest BCUT2D eigenvalue weighted by atomic mass is 10.1. The number of halogens is 6. The molecular weight excluding hydrogens is 394 g/mol. The summed E-state index contributed by atoms with van der Waals surface area (Å²) in [6, 6.07) is 4.30. The van der Waals surface area contributed by atoms with Crippen LogP contribution in [0.2, 0.25) is 0 Å². The first kappa shape index (κ1) is 21.2. The van der Waals surface area contributed by atoms with Crippen LogP contribution in [-0.2, 0) is 17.1 Å². The highest BCUT2D eigenvalue weighted by Gasteiger charge is 2.37. The summed E-state index contributed by atoms with van der Waals surface area (Å²) in [6.45, 7) is 1.59. The van der Waals surface area contributed by atoms with E-state index < -0.39 is 46.7 Å². The third-order valence-electron chi connectivity index (χ3n) is 3.31. The first-order valence-corrected chi connectivity index (χ1v) is 7.67. The minimum absolute atomic E-state index is 0.0430. The molecule has 1 heterocycles. The predicted molar refractivity (Wildman–Crippen MR) is 84.6 cm³/mol. The monoisotopic (exact) mass is 406 g/mol. The highest BCUT2D eigenvalue weighted by atomic mass is 19.4. The van der Waals surface area contributed by atoms with Crippen LogP contribution in [-0.4, -0.2) is 23.5 Å². The number of carbonyl (C=O) groups excluding carboxylic acids is 2. The van der Waals surface area contributed by atoms with Crippen molar-refractivity contribution in [3.63, 3.8) is 0 Å². The number of benzene rings is 1. The molecule has 2 aromatic rings. The molecule has 0 unspecified atom stereocenters. The number of pyridine rings is 1. The average Bonchev–Trinajstić information content (AvgIpc) is 2.60. The molecule has 0 spiro atoms. The van der Waals surface area contributed by atoms with Gasteiger partial charge in [0.1, 0.15) is 11.4 Å². The smallest absolute Gasteiger partial charge is 0.416 e. The quantitative estimate of drug-likeness (QED) is 0.598. The maximum absolute atomic E-state index is 12.9. The topological polar surface area (TPSA) is 68.3 Å². The number of hydrogen-bond donors (Lipinski definition) is 1. The summed E-state index contributed by atoms with van der Waals surface area (Å²) >= 11 is 0. The third kappa shape index (κ3) is 5.21. The molecule has 11 heteroatoms. The van der Waals surface area contributed by atoms with Gasteiger partial charge in [-0.1, -0.05) is 6.07 Å². The summed E-state index contributed by atoms with van der Waals surface area (Å²) in [5, 5.41) is 1.93. The van der Waals surface area contributed by atoms with Crippen LogP contribution < -0.4 is 5.32 Å². The Kier molecular flexibility index (Phi) is 5.95. The van der Waals surface area contributed by atoms with Crippen molar-refractivity contribution in [2.24, 2.45) is 0 Å². The molecule has 0 fully saturated rings. The van der Waals surface area contributed by atoms with Gasteiger partial charge in [0.2, 0.25) is 0 Å². The summed E-state index contributed by atoms with van der Waals surface area (Å²) in [5.41, 5.74) is -4.52. The largest absolute Gasteiger partial charge is 0.461 e. The number of alkyl halides is 6. The lowest BCUT2D eigenvalue weighted by Gasteiger charge is -2.14. The SMILES string of the molecule is CCOC(=O)c1cccc(C(=O)Nc2cc(C(F)(F)F)cc(C(F)(F)F)c2)n1. The van der Waals surface area contributed by atoms with Gasteiger partial charge in [0.15, 0.2) is 0 Å². The maximum atomic E-state index is 12.9. The molecule has 0 saturated heterocycles. The Hall–Kier alpha value is -3.11. The second-order valence-corrected chi connectivity index (χ2v) is 5.38. The number of nitrogens with one attached hydrogen (secondary N) is 1. The van der Waals surface area contributed by atoms with Crippen LogP contribution in [0.4, 0.5) is 32.0 Å². The van der Waals surface area contributed by atoms with E-state index in [4.69, 9.17) is 4.74 Å². The fourth-order valence-electron chi connectivity index (χ4n) is 2.10. The summed E-state index contributed by atoms with van der Waals surface area (Å²) in [4.78, 5) is 27.5. The molecule has 1 aromatic carbocycles. The molecule has 0 radical (unpaired) electrons. The lowest BCUT2D eigenvalue weighted by Crippen LogP contribution is -2.18. The Balaban J connectivity index is 2.36. The standard InChI is InChI=1S/C17H12F6N2O3/c1-2-28-15(27)13-5-3-4-12(25-13)14(26)24-11-7-9(16(18,19)20)6-10(8-11)17(21,22)23/h3-8H,2H2,1H3,(H,24,26). The van der Waals surface area contributed by atoms with Crippen LogP contribution in [0.25, 0.3) is 0 Å². The molecule has 0 saturated carbocycles. The van der Waals surface area contributed by atoms with Crippen molar-refractivity contribution in [3.05, 3.63) is 58.9 Å². The Morgan fingerprint density at radius 3 is 2.00 bits per heavy atom. The summed E-state index contributed by atoms with van der Waals surface area (Å²) in [5.74, 6) is -1.94. The number of aromatic nitrogens is 1. The van der Waals surface area contributed by atoms with Gasteiger partial charge in [0.05, 0.1) is 17.7 Å². The van der Waals surface area contributed by atoms with Crippen molar-refractivity contribution in [2.45, 2.75) is 19.3 Å². The van der Waals surface area contributed by atoms with Crippen LogP contribution in [0, 0.1) is 0 Å². The van der Waals surface area contributed by atoms with Crippen LogP contribution >= 0.6 is 0 Å². The first-order chi connectivity index (χ1) is 12.9. The lowest BCUT2D eigenvalue weighted by molar-refractivity contribution is -0.143. The number of nitrogens with zero attached hydrogens (tertiary/aromatic N) is 1. The van der Waals surface area contributed by atoms with Gasteiger partial charge in [-0.05, 0) is 37.3 Å². The number of anilines is 1. The fourth-order valence-corrected chi connectivity index (χ4v) is 2.10. The minimum Gasteiger partial charge on any atom is -0.461 e. The Morgan fingerprint density at radius 2 is 1.50 bits per heavy atom. The number of hydrogen-bond acceptors (Lipinski definition) is 4. The Morgan fingerprint density at radius 1 is 0.964 bits per heavy atom. The summed E-state index contributed by atoms with van der Waals surface area (Å²) < 4.78 is 81.9. The highest BCUT2D eigenvalue weighted by molar-refractivity contribution is 6.03. The third-order valence-corrected chi connectivity index (χ3v) is 3.31. The van der Waals surface area contributed by atoms with Crippen LogP contribution in [0.5, 0.6) is 0 Å². The van der Waals surface area contributed by atoms with Crippen molar-refractivity contribution >= 4 is 17.6 Å². The number of carbonyl (C=O) groups is 2. The molecule has 0 aliphatic carbocycles. The van der Waals surface area contributed by atoms with Crippen molar-refractivity contribution in [3.8, 4) is 0 Å². The zero-order valence-corrected chi connectivity index (χ0v) is 14.1. The molecule has 0 bridgehead atoms. The molecule has 0 aliphatic heterocycles. The van der Waals surface area contributed by atoms with E-state index in [0.717, 1.165) is 6.07 Å². The van der Waals surface area contributed by atoms with Gasteiger partial charge in [-0.3, -0.25) is 4.79 Å². The molecule has 0 atom stereocenters. The van der Waals surface area contributed by atoms with Crippen molar-refractivity contribution < 1.29 is 40.7 Å². The van der Waals surface area contributed by atoms with Gasteiger partial charge in [-0.15, -0.1) is 0 Å². The van der Waals surface area contributed by atoms with Crippen LogP contribution in [0.15, 0.2) is 36.4 Å². The van der Waals surface area contributed by atoms with Crippen LogP contribution in [0.3, 0.4) is 0 Å². The maximum Gasteiger partial charge on any atom is 0.416 e. The minimum atomic E-state index is -5.05. The van der Waals surface area contributed by atoms with Crippen molar-refractivity contribution in [1.82, 2.24) is 4.98 Å². The number of ether oxygens (including phenoxy) is 1. The van der Waals surface area contributed by atoms with Gasteiger partial charge in [-0.25, -0.2) is 9.78 Å². The molecule has 5 nitrogen and oxygen atoms in total. The normalized spacial score (nSPS) is 11.8. The molecule has 28 heavy (non-hydrogen) atoms.